The van der Waals surface area contributed by atoms with Crippen LogP contribution >= 0.6 is 0 Å². The summed E-state index contributed by atoms with van der Waals surface area (Å²) in [4.78, 5) is 33.7. The highest BCUT2D eigenvalue weighted by molar-refractivity contribution is 5.90. The smallest absolute Gasteiger partial charge is 0.305 e. The number of unbranched alkanes of at least 4 members (excludes halogenated alkanes) is 2. The lowest BCUT2D eigenvalue weighted by Gasteiger charge is -2.14. The maximum absolute atomic E-state index is 11.3. The van der Waals surface area contributed by atoms with Gasteiger partial charge in [0.1, 0.15) is 6.29 Å². The number of carbonyl (C=O) groups excluding carboxylic acids is 3. The number of hydrogen-bond acceptors (Lipinski definition) is 4. The van der Waals surface area contributed by atoms with Gasteiger partial charge in [0.25, 0.3) is 0 Å². The molecule has 0 aromatic rings. The Morgan fingerprint density at radius 3 is 2.53 bits per heavy atom. The van der Waals surface area contributed by atoms with Crippen LogP contribution < -0.4 is 0 Å². The van der Waals surface area contributed by atoms with Crippen molar-refractivity contribution in [3.8, 4) is 0 Å². The first kappa shape index (κ1) is 15.3. The lowest BCUT2D eigenvalue weighted by atomic mass is 10.2. The lowest BCUT2D eigenvalue weighted by molar-refractivity contribution is -0.140. The molecular weight excluding hydrogens is 222 g/mol. The van der Waals surface area contributed by atoms with Crippen molar-refractivity contribution in [3.63, 3.8) is 0 Å². The fraction of sp³-hybridized carbons (Fsp3) is 0.583. The summed E-state index contributed by atoms with van der Waals surface area (Å²) in [6.07, 6.45) is 5.86. The van der Waals surface area contributed by atoms with Crippen LogP contribution in [-0.2, 0) is 19.1 Å². The zero-order valence-corrected chi connectivity index (χ0v) is 10.3. The molecule has 0 aromatic heterocycles. The first-order valence-electron chi connectivity index (χ1n) is 5.55. The SMILES string of the molecule is COC(=O)CCCCCN(C)C(=O)/C=C\C=O. The summed E-state index contributed by atoms with van der Waals surface area (Å²) in [7, 11) is 3.05. The van der Waals surface area contributed by atoms with Gasteiger partial charge in [-0.15, -0.1) is 0 Å². The van der Waals surface area contributed by atoms with E-state index in [1.54, 1.807) is 7.05 Å². The van der Waals surface area contributed by atoms with E-state index in [4.69, 9.17) is 0 Å². The van der Waals surface area contributed by atoms with Crippen LogP contribution in [0.1, 0.15) is 25.7 Å². The highest BCUT2D eigenvalue weighted by atomic mass is 16.5. The largest absolute Gasteiger partial charge is 0.469 e. The highest BCUT2D eigenvalue weighted by Gasteiger charge is 2.04. The lowest BCUT2D eigenvalue weighted by Crippen LogP contribution is -2.25. The number of rotatable bonds is 8. The molecule has 0 fully saturated rings. The molecule has 0 rings (SSSR count). The predicted octanol–water partition coefficient (Wildman–Crippen LogP) is 0.933. The van der Waals surface area contributed by atoms with Gasteiger partial charge in [-0.25, -0.2) is 0 Å². The van der Waals surface area contributed by atoms with Gasteiger partial charge >= 0.3 is 5.97 Å². The molecule has 0 spiro atoms. The second-order valence-corrected chi connectivity index (χ2v) is 3.64. The Hall–Kier alpha value is -1.65. The summed E-state index contributed by atoms with van der Waals surface area (Å²) in [6.45, 7) is 0.614. The summed E-state index contributed by atoms with van der Waals surface area (Å²) in [5.74, 6) is -0.395. The number of likely N-dealkylation sites (N-methyl/N-ethyl adjacent to an activating group) is 1. The van der Waals surface area contributed by atoms with E-state index in [0.29, 0.717) is 19.3 Å². The molecule has 0 bridgehead atoms. The molecule has 96 valence electrons. The first-order valence-corrected chi connectivity index (χ1v) is 5.55. The zero-order chi connectivity index (χ0) is 13.1. The topological polar surface area (TPSA) is 63.7 Å². The molecule has 0 radical (unpaired) electrons. The fourth-order valence-corrected chi connectivity index (χ4v) is 1.26. The van der Waals surface area contributed by atoms with Crippen molar-refractivity contribution in [2.45, 2.75) is 25.7 Å². The third-order valence-corrected chi connectivity index (χ3v) is 2.30. The van der Waals surface area contributed by atoms with E-state index in [2.05, 4.69) is 4.74 Å². The summed E-state index contributed by atoms with van der Waals surface area (Å²) in [5.41, 5.74) is 0. The van der Waals surface area contributed by atoms with Gasteiger partial charge in [0.2, 0.25) is 5.91 Å². The number of allylic oxidation sites excluding steroid dienone is 1. The van der Waals surface area contributed by atoms with Crippen LogP contribution in [0.2, 0.25) is 0 Å². The number of esters is 1. The van der Waals surface area contributed by atoms with Crippen molar-refractivity contribution in [2.24, 2.45) is 0 Å². The maximum atomic E-state index is 11.3. The molecule has 0 aliphatic carbocycles. The van der Waals surface area contributed by atoms with Crippen LogP contribution in [0, 0.1) is 0 Å². The minimum atomic E-state index is -0.205. The Balaban J connectivity index is 3.60. The molecule has 0 N–H and O–H groups in total. The molecule has 0 unspecified atom stereocenters. The van der Waals surface area contributed by atoms with Gasteiger partial charge < -0.3 is 9.64 Å². The van der Waals surface area contributed by atoms with E-state index in [-0.39, 0.29) is 11.9 Å². The molecular formula is C12H19NO4. The van der Waals surface area contributed by atoms with Crippen molar-refractivity contribution >= 4 is 18.2 Å². The van der Waals surface area contributed by atoms with Gasteiger partial charge in [0.05, 0.1) is 7.11 Å². The number of aldehydes is 1. The number of nitrogens with zero attached hydrogens (tertiary/aromatic N) is 1. The molecule has 0 saturated carbocycles. The molecule has 0 saturated heterocycles. The van der Waals surface area contributed by atoms with Crippen LogP contribution in [0.4, 0.5) is 0 Å². The third-order valence-electron chi connectivity index (χ3n) is 2.30. The number of ether oxygens (including phenoxy) is 1. The van der Waals surface area contributed by atoms with E-state index in [1.807, 2.05) is 0 Å². The molecule has 1 amide bonds. The fourth-order valence-electron chi connectivity index (χ4n) is 1.26. The van der Waals surface area contributed by atoms with E-state index in [9.17, 15) is 14.4 Å². The van der Waals surface area contributed by atoms with Crippen molar-refractivity contribution in [2.75, 3.05) is 20.7 Å². The standard InChI is InChI=1S/C12H19NO4/c1-13(11(15)7-6-10-14)9-5-3-4-8-12(16)17-2/h6-7,10H,3-5,8-9H2,1-2H3/b7-6-. The average molecular weight is 241 g/mol. The Kier molecular flexibility index (Phi) is 8.64. The van der Waals surface area contributed by atoms with Crippen molar-refractivity contribution in [1.82, 2.24) is 4.90 Å². The summed E-state index contributed by atoms with van der Waals surface area (Å²) >= 11 is 0. The summed E-state index contributed by atoms with van der Waals surface area (Å²) in [5, 5.41) is 0. The minimum absolute atomic E-state index is 0.190. The molecule has 5 heteroatoms. The van der Waals surface area contributed by atoms with E-state index in [1.165, 1.54) is 24.2 Å². The van der Waals surface area contributed by atoms with Gasteiger partial charge in [-0.05, 0) is 18.9 Å². The normalized spacial score (nSPS) is 10.2. The molecule has 17 heavy (non-hydrogen) atoms. The summed E-state index contributed by atoms with van der Waals surface area (Å²) < 4.78 is 4.51. The second kappa shape index (κ2) is 9.57. The molecule has 0 aliphatic rings. The number of amides is 1. The molecule has 5 nitrogen and oxygen atoms in total. The monoisotopic (exact) mass is 241 g/mol. The average Bonchev–Trinajstić information content (AvgIpc) is 2.34. The zero-order valence-electron chi connectivity index (χ0n) is 10.3. The van der Waals surface area contributed by atoms with Crippen LogP contribution in [-0.4, -0.2) is 43.8 Å². The minimum Gasteiger partial charge on any atom is -0.469 e. The van der Waals surface area contributed by atoms with Crippen LogP contribution in [0.25, 0.3) is 0 Å². The Bertz CT molecular complexity index is 286. The molecule has 0 heterocycles. The third kappa shape index (κ3) is 8.19. The second-order valence-electron chi connectivity index (χ2n) is 3.64. The van der Waals surface area contributed by atoms with Crippen molar-refractivity contribution in [1.29, 1.82) is 0 Å². The quantitative estimate of drug-likeness (QED) is 0.274. The molecule has 0 aromatic carbocycles. The highest BCUT2D eigenvalue weighted by Crippen LogP contribution is 2.02. The Morgan fingerprint density at radius 2 is 1.94 bits per heavy atom. The van der Waals surface area contributed by atoms with Gasteiger partial charge in [-0.3, -0.25) is 14.4 Å². The van der Waals surface area contributed by atoms with E-state index < -0.39 is 0 Å². The number of methoxy groups -OCH3 is 1. The number of carbonyl (C=O) groups is 3. The van der Waals surface area contributed by atoms with Gasteiger partial charge in [-0.1, -0.05) is 6.42 Å². The van der Waals surface area contributed by atoms with Crippen LogP contribution in [0.3, 0.4) is 0 Å². The number of hydrogen-bond donors (Lipinski definition) is 0. The Morgan fingerprint density at radius 1 is 1.24 bits per heavy atom. The van der Waals surface area contributed by atoms with Gasteiger partial charge in [-0.2, -0.15) is 0 Å². The van der Waals surface area contributed by atoms with E-state index >= 15 is 0 Å². The predicted molar refractivity (Wildman–Crippen MR) is 63.3 cm³/mol. The van der Waals surface area contributed by atoms with Gasteiger partial charge in [0, 0.05) is 26.1 Å². The maximum Gasteiger partial charge on any atom is 0.305 e. The summed E-state index contributed by atoms with van der Waals surface area (Å²) in [6, 6.07) is 0. The molecule has 0 aliphatic heterocycles. The molecule has 0 atom stereocenters. The Labute approximate surface area is 101 Å². The van der Waals surface area contributed by atoms with Crippen LogP contribution in [0.5, 0.6) is 0 Å². The van der Waals surface area contributed by atoms with Crippen LogP contribution in [0.15, 0.2) is 12.2 Å². The first-order chi connectivity index (χ1) is 8.11. The van der Waals surface area contributed by atoms with E-state index in [0.717, 1.165) is 19.3 Å². The van der Waals surface area contributed by atoms with Crippen molar-refractivity contribution < 1.29 is 19.1 Å². The van der Waals surface area contributed by atoms with Crippen molar-refractivity contribution in [3.05, 3.63) is 12.2 Å². The van der Waals surface area contributed by atoms with Gasteiger partial charge in [0.15, 0.2) is 0 Å².